The second kappa shape index (κ2) is 90.0. The molecule has 0 N–H and O–H groups in total. The van der Waals surface area contributed by atoms with Gasteiger partial charge in [0.05, 0.1) is 26.4 Å². The number of carbonyl (C=O) groups excluding carboxylic acids is 4. The lowest BCUT2D eigenvalue weighted by Crippen LogP contribution is -2.01. The number of hydrogen-bond donors (Lipinski definition) is 0. The first-order valence-electron chi connectivity index (χ1n) is 39.4. The summed E-state index contributed by atoms with van der Waals surface area (Å²) in [6.45, 7) is 24.8. The largest absolute Gasteiger partial charge is 0.463 e. The van der Waals surface area contributed by atoms with Crippen molar-refractivity contribution in [3.8, 4) is 0 Å². The van der Waals surface area contributed by atoms with E-state index < -0.39 is 0 Å². The van der Waals surface area contributed by atoms with Crippen molar-refractivity contribution in [3.05, 3.63) is 50.6 Å². The highest BCUT2D eigenvalue weighted by atomic mass is 16.5. The normalized spacial score (nSPS) is 10.6. The van der Waals surface area contributed by atoms with Crippen LogP contribution in [0.25, 0.3) is 0 Å². The molecule has 0 atom stereocenters. The van der Waals surface area contributed by atoms with E-state index in [9.17, 15) is 19.2 Å². The Morgan fingerprint density at radius 1 is 0.178 bits per heavy atom. The third kappa shape index (κ3) is 95.9. The van der Waals surface area contributed by atoms with Crippen LogP contribution in [0, 0.1) is 0 Å². The van der Waals surface area contributed by atoms with Gasteiger partial charge in [-0.1, -0.05) is 426 Å². The highest BCUT2D eigenvalue weighted by Crippen LogP contribution is 2.18. The summed E-state index contributed by atoms with van der Waals surface area (Å²) >= 11 is 0. The highest BCUT2D eigenvalue weighted by Gasteiger charge is 2.02. The van der Waals surface area contributed by atoms with Crippen LogP contribution in [0.4, 0.5) is 0 Å². The molecule has 0 aromatic carbocycles. The Labute approximate surface area is 562 Å². The molecule has 0 aliphatic rings. The average molecular weight is 1270 g/mol. The second-order valence-electron chi connectivity index (χ2n) is 26.0. The zero-order valence-corrected chi connectivity index (χ0v) is 61.1. The number of carbonyl (C=O) groups is 4. The van der Waals surface area contributed by atoms with Gasteiger partial charge >= 0.3 is 23.9 Å². The van der Waals surface area contributed by atoms with E-state index in [1.165, 1.54) is 397 Å². The van der Waals surface area contributed by atoms with Gasteiger partial charge in [-0.2, -0.15) is 0 Å². The van der Waals surface area contributed by atoms with Gasteiger partial charge in [0.25, 0.3) is 0 Å². The Balaban J connectivity index is -0.000000548. The smallest absolute Gasteiger partial charge is 0.330 e. The Morgan fingerprint density at radius 2 is 0.267 bits per heavy atom. The molecule has 0 aliphatic heterocycles. The molecule has 0 amide bonds. The lowest BCUT2D eigenvalue weighted by atomic mass is 10.0. The maximum absolute atomic E-state index is 10.8. The lowest BCUT2D eigenvalue weighted by Gasteiger charge is -2.04. The van der Waals surface area contributed by atoms with Gasteiger partial charge in [-0.05, 0) is 25.7 Å². The number of rotatable bonds is 70. The Bertz CT molecular complexity index is 1440. The minimum absolute atomic E-state index is 0.300. The summed E-state index contributed by atoms with van der Waals surface area (Å²) in [7, 11) is 0. The molecule has 0 radical (unpaired) electrons. The molecular weight excluding hydrogens is 1110 g/mol. The maximum Gasteiger partial charge on any atom is 0.330 e. The minimum atomic E-state index is -0.301. The van der Waals surface area contributed by atoms with Gasteiger partial charge in [-0.25, -0.2) is 19.2 Å². The SMILES string of the molecule is C=CC(=O)OCCCCCCCCCCCCCCCC.C=CC(=O)OCCCCCCCCCCCCCCCCC.C=CC(=O)OCCCCCCCCCCCCCCCCCC.C=CC(=O)OCCCCCCCCCCCCCCCCCCC. The summed E-state index contributed by atoms with van der Waals surface area (Å²) in [5.74, 6) is -1.20. The molecule has 0 heterocycles. The molecule has 0 aromatic rings. The van der Waals surface area contributed by atoms with Crippen LogP contribution in [0.5, 0.6) is 0 Å². The summed E-state index contributed by atoms with van der Waals surface area (Å²) in [4.78, 5) is 43.3. The molecule has 0 bridgehead atoms. The van der Waals surface area contributed by atoms with E-state index in [1.807, 2.05) is 0 Å². The molecule has 8 heteroatoms. The minimum Gasteiger partial charge on any atom is -0.463 e. The predicted octanol–water partition coefficient (Wildman–Crippen LogP) is 27.1. The van der Waals surface area contributed by atoms with E-state index in [-0.39, 0.29) is 23.9 Å². The van der Waals surface area contributed by atoms with Gasteiger partial charge in [-0.15, -0.1) is 0 Å². The predicted molar refractivity (Wildman–Crippen MR) is 394 cm³/mol. The average Bonchev–Trinajstić information content (AvgIpc) is 3.56. The summed E-state index contributed by atoms with van der Waals surface area (Å²) < 4.78 is 19.8. The van der Waals surface area contributed by atoms with Crippen molar-refractivity contribution in [2.75, 3.05) is 26.4 Å². The molecule has 0 fully saturated rings. The van der Waals surface area contributed by atoms with Crippen molar-refractivity contribution >= 4 is 23.9 Å². The van der Waals surface area contributed by atoms with Crippen LogP contribution in [0.15, 0.2) is 50.6 Å². The Hall–Kier alpha value is -3.16. The van der Waals surface area contributed by atoms with Crippen LogP contribution in [-0.2, 0) is 38.1 Å². The topological polar surface area (TPSA) is 105 Å². The molecule has 0 rings (SSSR count). The molecule has 8 nitrogen and oxygen atoms in total. The van der Waals surface area contributed by atoms with Crippen molar-refractivity contribution in [2.45, 2.75) is 426 Å². The van der Waals surface area contributed by atoms with Gasteiger partial charge in [0.1, 0.15) is 0 Å². The van der Waals surface area contributed by atoms with Gasteiger partial charge in [0.15, 0.2) is 0 Å². The number of hydrogen-bond acceptors (Lipinski definition) is 8. The van der Waals surface area contributed by atoms with Gasteiger partial charge in [-0.3, -0.25) is 0 Å². The quantitative estimate of drug-likeness (QED) is 0.0257. The number of ether oxygens (including phenoxy) is 4. The van der Waals surface area contributed by atoms with E-state index >= 15 is 0 Å². The highest BCUT2D eigenvalue weighted by molar-refractivity contribution is 5.82. The maximum atomic E-state index is 10.8. The lowest BCUT2D eigenvalue weighted by molar-refractivity contribution is -0.138. The van der Waals surface area contributed by atoms with Crippen molar-refractivity contribution in [3.63, 3.8) is 0 Å². The third-order valence-electron chi connectivity index (χ3n) is 17.1. The van der Waals surface area contributed by atoms with Gasteiger partial charge < -0.3 is 18.9 Å². The first-order chi connectivity index (χ1) is 44.2. The van der Waals surface area contributed by atoms with E-state index in [2.05, 4.69) is 54.0 Å². The van der Waals surface area contributed by atoms with Crippen LogP contribution in [-0.4, -0.2) is 50.3 Å². The molecule has 90 heavy (non-hydrogen) atoms. The molecular formula is C82H156O8. The monoisotopic (exact) mass is 1270 g/mol. The molecule has 532 valence electrons. The summed E-state index contributed by atoms with van der Waals surface area (Å²) in [5, 5.41) is 0. The zero-order valence-electron chi connectivity index (χ0n) is 61.1. The second-order valence-corrected chi connectivity index (χ2v) is 26.0. The van der Waals surface area contributed by atoms with Crippen LogP contribution < -0.4 is 0 Å². The molecule has 0 saturated carbocycles. The fraction of sp³-hybridized carbons (Fsp3) is 0.854. The molecule has 0 spiro atoms. The summed E-state index contributed by atoms with van der Waals surface area (Å²) in [6, 6.07) is 0. The fourth-order valence-electron chi connectivity index (χ4n) is 11.2. The zero-order chi connectivity index (χ0) is 66.6. The Kier molecular flexibility index (Phi) is 93.3. The van der Waals surface area contributed by atoms with Gasteiger partial charge in [0.2, 0.25) is 0 Å². The van der Waals surface area contributed by atoms with Crippen LogP contribution in [0.3, 0.4) is 0 Å². The van der Waals surface area contributed by atoms with E-state index in [1.54, 1.807) is 0 Å². The molecule has 0 aromatic heterocycles. The fourth-order valence-corrected chi connectivity index (χ4v) is 11.2. The molecule has 0 aliphatic carbocycles. The Morgan fingerprint density at radius 3 is 0.356 bits per heavy atom. The van der Waals surface area contributed by atoms with Crippen LogP contribution in [0.2, 0.25) is 0 Å². The summed E-state index contributed by atoms with van der Waals surface area (Å²) in [6.07, 6.45) is 89.0. The third-order valence-corrected chi connectivity index (χ3v) is 17.1. The molecule has 0 saturated heterocycles. The summed E-state index contributed by atoms with van der Waals surface area (Å²) in [5.41, 5.74) is 0. The standard InChI is InChI=1S/C22H42O2.C21H40O2.C20H38O2.C19H36O2/c1-3-5-6-7-8-9-10-11-12-13-14-15-16-17-18-19-20-21-24-22(23)4-2;1-3-5-6-7-8-9-10-11-12-13-14-15-16-17-18-19-20-23-21(22)4-2;1-3-5-6-7-8-9-10-11-12-13-14-15-16-17-18-19-22-20(21)4-2;1-3-5-6-7-8-9-10-11-12-13-14-15-16-17-18-21-19(20)4-2/h4H,2-3,5-21H2,1H3;4H,2-3,5-20H2,1H3;4H,2-3,5-19H2,1H3;4H,2-3,5-18H2,1H3. The van der Waals surface area contributed by atoms with Crippen molar-refractivity contribution in [1.29, 1.82) is 0 Å². The molecule has 0 unspecified atom stereocenters. The van der Waals surface area contributed by atoms with E-state index in [0.29, 0.717) is 26.4 Å². The van der Waals surface area contributed by atoms with Gasteiger partial charge in [0, 0.05) is 24.3 Å². The first-order valence-corrected chi connectivity index (χ1v) is 39.4. The number of esters is 4. The van der Waals surface area contributed by atoms with E-state index in [0.717, 1.165) is 25.7 Å². The van der Waals surface area contributed by atoms with Crippen LogP contribution in [0.1, 0.15) is 426 Å². The number of unbranched alkanes of at least 4 members (excludes halogenated alkanes) is 58. The van der Waals surface area contributed by atoms with Crippen molar-refractivity contribution in [2.24, 2.45) is 0 Å². The van der Waals surface area contributed by atoms with E-state index in [4.69, 9.17) is 18.9 Å². The van der Waals surface area contributed by atoms with Crippen molar-refractivity contribution < 1.29 is 38.1 Å². The first kappa shape index (κ1) is 93.2. The van der Waals surface area contributed by atoms with Crippen molar-refractivity contribution in [1.82, 2.24) is 0 Å². The van der Waals surface area contributed by atoms with Crippen LogP contribution >= 0.6 is 0 Å².